The molecule has 0 radical (unpaired) electrons. The molecule has 14 heavy (non-hydrogen) atoms. The van der Waals surface area contributed by atoms with Gasteiger partial charge in [-0.25, -0.2) is 4.98 Å². The maximum absolute atomic E-state index is 11.4. The number of nitrogens with zero attached hydrogens (tertiary/aromatic N) is 1. The van der Waals surface area contributed by atoms with E-state index in [-0.39, 0.29) is 18.4 Å². The van der Waals surface area contributed by atoms with Crippen molar-refractivity contribution in [3.63, 3.8) is 0 Å². The molecule has 2 rings (SSSR count). The summed E-state index contributed by atoms with van der Waals surface area (Å²) in [6.45, 7) is -0.103. The van der Waals surface area contributed by atoms with E-state index in [2.05, 4.69) is 10.3 Å². The maximum atomic E-state index is 11.4. The Bertz CT molecular complexity index is 348. The van der Waals surface area contributed by atoms with Crippen LogP contribution in [0.5, 0.6) is 0 Å². The number of amides is 1. The minimum absolute atomic E-state index is 0.0124. The molecule has 1 aromatic rings. The van der Waals surface area contributed by atoms with E-state index < -0.39 is 0 Å². The van der Waals surface area contributed by atoms with Gasteiger partial charge in [0.15, 0.2) is 0 Å². The van der Waals surface area contributed by atoms with Crippen molar-refractivity contribution < 1.29 is 9.90 Å². The first-order valence-electron chi connectivity index (χ1n) is 4.67. The lowest BCUT2D eigenvalue weighted by Crippen LogP contribution is -2.15. The third-order valence-electron chi connectivity index (χ3n) is 2.25. The Labute approximate surface area is 82.0 Å². The lowest BCUT2D eigenvalue weighted by atomic mass is 10.2. The Morgan fingerprint density at radius 1 is 1.64 bits per heavy atom. The van der Waals surface area contributed by atoms with Gasteiger partial charge in [-0.15, -0.1) is 0 Å². The SMILES string of the molecule is O=C(Nc1ncccc1CO)C1CC1. The molecule has 74 valence electrons. The molecule has 1 amide bonds. The summed E-state index contributed by atoms with van der Waals surface area (Å²) in [5.74, 6) is 0.647. The van der Waals surface area contributed by atoms with Crippen LogP contribution in [-0.2, 0) is 11.4 Å². The van der Waals surface area contributed by atoms with Crippen LogP contribution in [0.2, 0.25) is 0 Å². The second-order valence-electron chi connectivity index (χ2n) is 3.43. The van der Waals surface area contributed by atoms with Crippen LogP contribution < -0.4 is 5.32 Å². The molecule has 1 aliphatic rings. The molecule has 0 unspecified atom stereocenters. The molecule has 0 atom stereocenters. The van der Waals surface area contributed by atoms with E-state index >= 15 is 0 Å². The van der Waals surface area contributed by atoms with Crippen molar-refractivity contribution in [2.24, 2.45) is 5.92 Å². The predicted molar refractivity (Wildman–Crippen MR) is 51.5 cm³/mol. The third-order valence-corrected chi connectivity index (χ3v) is 2.25. The largest absolute Gasteiger partial charge is 0.392 e. The fraction of sp³-hybridized carbons (Fsp3) is 0.400. The number of aliphatic hydroxyl groups is 1. The fourth-order valence-electron chi connectivity index (χ4n) is 1.24. The van der Waals surface area contributed by atoms with Gasteiger partial charge in [-0.1, -0.05) is 6.07 Å². The van der Waals surface area contributed by atoms with Gasteiger partial charge in [0.1, 0.15) is 5.82 Å². The molecule has 0 bridgehead atoms. The van der Waals surface area contributed by atoms with Crippen molar-refractivity contribution >= 4 is 11.7 Å². The van der Waals surface area contributed by atoms with E-state index in [4.69, 9.17) is 5.11 Å². The monoisotopic (exact) mass is 192 g/mol. The number of aliphatic hydroxyl groups excluding tert-OH is 1. The molecule has 4 heteroatoms. The molecular formula is C10H12N2O2. The smallest absolute Gasteiger partial charge is 0.228 e. The van der Waals surface area contributed by atoms with Crippen LogP contribution >= 0.6 is 0 Å². The van der Waals surface area contributed by atoms with Gasteiger partial charge in [-0.2, -0.15) is 0 Å². The molecule has 0 spiro atoms. The van der Waals surface area contributed by atoms with E-state index in [1.165, 1.54) is 0 Å². The van der Waals surface area contributed by atoms with Crippen LogP contribution in [0.4, 0.5) is 5.82 Å². The minimum atomic E-state index is -0.103. The third kappa shape index (κ3) is 1.90. The van der Waals surface area contributed by atoms with Crippen molar-refractivity contribution in [1.82, 2.24) is 4.98 Å². The first-order chi connectivity index (χ1) is 6.81. The highest BCUT2D eigenvalue weighted by Gasteiger charge is 2.30. The molecule has 0 aromatic carbocycles. The molecule has 1 fully saturated rings. The van der Waals surface area contributed by atoms with Gasteiger partial charge in [-0.3, -0.25) is 4.79 Å². The molecular weight excluding hydrogens is 180 g/mol. The number of aromatic nitrogens is 1. The van der Waals surface area contributed by atoms with Gasteiger partial charge >= 0.3 is 0 Å². The Morgan fingerprint density at radius 2 is 2.43 bits per heavy atom. The lowest BCUT2D eigenvalue weighted by molar-refractivity contribution is -0.117. The zero-order chi connectivity index (χ0) is 9.97. The molecule has 0 saturated heterocycles. The maximum Gasteiger partial charge on any atom is 0.228 e. The highest BCUT2D eigenvalue weighted by molar-refractivity contribution is 5.93. The van der Waals surface area contributed by atoms with Gasteiger partial charge < -0.3 is 10.4 Å². The number of anilines is 1. The van der Waals surface area contributed by atoms with Crippen LogP contribution in [-0.4, -0.2) is 16.0 Å². The Balaban J connectivity index is 2.10. The molecule has 1 heterocycles. The second-order valence-corrected chi connectivity index (χ2v) is 3.43. The second kappa shape index (κ2) is 3.75. The molecule has 2 N–H and O–H groups in total. The van der Waals surface area contributed by atoms with E-state index in [0.29, 0.717) is 11.4 Å². The number of hydrogen-bond donors (Lipinski definition) is 2. The minimum Gasteiger partial charge on any atom is -0.392 e. The summed E-state index contributed by atoms with van der Waals surface area (Å²) in [4.78, 5) is 15.4. The average Bonchev–Trinajstić information content (AvgIpc) is 3.02. The number of carbonyl (C=O) groups is 1. The van der Waals surface area contributed by atoms with Crippen LogP contribution in [0.3, 0.4) is 0 Å². The number of nitrogens with one attached hydrogen (secondary N) is 1. The van der Waals surface area contributed by atoms with E-state index in [1.807, 2.05) is 0 Å². The highest BCUT2D eigenvalue weighted by Crippen LogP contribution is 2.30. The van der Waals surface area contributed by atoms with E-state index in [9.17, 15) is 4.79 Å². The zero-order valence-electron chi connectivity index (χ0n) is 7.73. The quantitative estimate of drug-likeness (QED) is 0.748. The number of pyridine rings is 1. The Morgan fingerprint density at radius 3 is 3.07 bits per heavy atom. The molecule has 4 nitrogen and oxygen atoms in total. The highest BCUT2D eigenvalue weighted by atomic mass is 16.3. The van der Waals surface area contributed by atoms with Gasteiger partial charge in [0.2, 0.25) is 5.91 Å². The van der Waals surface area contributed by atoms with E-state index in [0.717, 1.165) is 12.8 Å². The Hall–Kier alpha value is -1.42. The van der Waals surface area contributed by atoms with Crippen molar-refractivity contribution in [3.05, 3.63) is 23.9 Å². The van der Waals surface area contributed by atoms with Crippen LogP contribution in [0.1, 0.15) is 18.4 Å². The van der Waals surface area contributed by atoms with Gasteiger partial charge in [0.25, 0.3) is 0 Å². The van der Waals surface area contributed by atoms with Gasteiger partial charge in [-0.05, 0) is 18.9 Å². The predicted octanol–water partition coefficient (Wildman–Crippen LogP) is 0.922. The topological polar surface area (TPSA) is 62.2 Å². The summed E-state index contributed by atoms with van der Waals surface area (Å²) in [6.07, 6.45) is 3.53. The lowest BCUT2D eigenvalue weighted by Gasteiger charge is -2.06. The fourth-order valence-corrected chi connectivity index (χ4v) is 1.24. The van der Waals surface area contributed by atoms with E-state index in [1.54, 1.807) is 18.3 Å². The summed E-state index contributed by atoms with van der Waals surface area (Å²) < 4.78 is 0. The standard InChI is InChI=1S/C10H12N2O2/c13-6-8-2-1-5-11-9(8)12-10(14)7-3-4-7/h1-2,5,7,13H,3-4,6H2,(H,11,12,14). The van der Waals surface area contributed by atoms with Crippen LogP contribution in [0.25, 0.3) is 0 Å². The zero-order valence-corrected chi connectivity index (χ0v) is 7.73. The van der Waals surface area contributed by atoms with Crippen molar-refractivity contribution in [3.8, 4) is 0 Å². The summed E-state index contributed by atoms with van der Waals surface area (Å²) in [6, 6.07) is 3.48. The molecule has 0 aliphatic heterocycles. The summed E-state index contributed by atoms with van der Waals surface area (Å²) in [5.41, 5.74) is 0.654. The Kier molecular flexibility index (Phi) is 2.45. The van der Waals surface area contributed by atoms with Crippen molar-refractivity contribution in [2.45, 2.75) is 19.4 Å². The summed E-state index contributed by atoms with van der Waals surface area (Å²) in [5, 5.41) is 11.7. The first-order valence-corrected chi connectivity index (χ1v) is 4.67. The van der Waals surface area contributed by atoms with Crippen LogP contribution in [0.15, 0.2) is 18.3 Å². The number of hydrogen-bond acceptors (Lipinski definition) is 3. The number of rotatable bonds is 3. The van der Waals surface area contributed by atoms with Crippen LogP contribution in [0, 0.1) is 5.92 Å². The van der Waals surface area contributed by atoms with Gasteiger partial charge in [0.05, 0.1) is 6.61 Å². The molecule has 1 aromatic heterocycles. The van der Waals surface area contributed by atoms with Gasteiger partial charge in [0, 0.05) is 17.7 Å². The summed E-state index contributed by atoms with van der Waals surface area (Å²) in [7, 11) is 0. The average molecular weight is 192 g/mol. The normalized spacial score (nSPS) is 15.2. The van der Waals surface area contributed by atoms with Crippen molar-refractivity contribution in [1.29, 1.82) is 0 Å². The number of carbonyl (C=O) groups excluding carboxylic acids is 1. The summed E-state index contributed by atoms with van der Waals surface area (Å²) >= 11 is 0. The van der Waals surface area contributed by atoms with Crippen molar-refractivity contribution in [2.75, 3.05) is 5.32 Å². The molecule has 1 aliphatic carbocycles. The molecule has 1 saturated carbocycles. The first kappa shape index (κ1) is 9.15.